The number of rotatable bonds is 2. The highest BCUT2D eigenvalue weighted by atomic mass is 16.5. The third-order valence-corrected chi connectivity index (χ3v) is 4.20. The molecule has 2 aliphatic rings. The van der Waals surface area contributed by atoms with Crippen molar-refractivity contribution < 1.29 is 14.3 Å². The molecule has 2 heterocycles. The van der Waals surface area contributed by atoms with Crippen molar-refractivity contribution in [1.82, 2.24) is 4.90 Å². The van der Waals surface area contributed by atoms with Crippen molar-refractivity contribution in [3.8, 4) is 0 Å². The van der Waals surface area contributed by atoms with E-state index in [2.05, 4.69) is 4.90 Å². The van der Waals surface area contributed by atoms with Crippen LogP contribution in [0.2, 0.25) is 0 Å². The molecule has 1 aromatic rings. The molecule has 4 nitrogen and oxygen atoms in total. The molecule has 2 saturated heterocycles. The summed E-state index contributed by atoms with van der Waals surface area (Å²) in [6.45, 7) is 0. The van der Waals surface area contributed by atoms with Gasteiger partial charge < -0.3 is 4.74 Å². The molecular weight excluding hydrogens is 242 g/mol. The Balaban J connectivity index is 1.71. The summed E-state index contributed by atoms with van der Waals surface area (Å²) in [5.74, 6) is -0.00893. The van der Waals surface area contributed by atoms with Crippen molar-refractivity contribution in [3.63, 3.8) is 0 Å². The predicted molar refractivity (Wildman–Crippen MR) is 69.8 cm³/mol. The second-order valence-corrected chi connectivity index (χ2v) is 5.38. The van der Waals surface area contributed by atoms with Gasteiger partial charge in [-0.05, 0) is 19.2 Å². The number of nitrogens with zero attached hydrogens (tertiary/aromatic N) is 1. The number of piperidine rings is 1. The SMILES string of the molecule is CN1C2CC(=O)CC1C(OC(=O)c1ccccc1)C2. The Morgan fingerprint density at radius 2 is 2.00 bits per heavy atom. The summed E-state index contributed by atoms with van der Waals surface area (Å²) in [5, 5.41) is 0. The van der Waals surface area contributed by atoms with Crippen molar-refractivity contribution in [3.05, 3.63) is 35.9 Å². The van der Waals surface area contributed by atoms with Gasteiger partial charge in [0.1, 0.15) is 11.9 Å². The molecule has 0 radical (unpaired) electrons. The fraction of sp³-hybridized carbons (Fsp3) is 0.467. The van der Waals surface area contributed by atoms with Crippen LogP contribution in [0.1, 0.15) is 29.6 Å². The average molecular weight is 259 g/mol. The largest absolute Gasteiger partial charge is 0.457 e. The number of hydrogen-bond acceptors (Lipinski definition) is 4. The van der Waals surface area contributed by atoms with Crippen LogP contribution in [0.3, 0.4) is 0 Å². The Morgan fingerprint density at radius 3 is 2.74 bits per heavy atom. The molecule has 0 N–H and O–H groups in total. The summed E-state index contributed by atoms with van der Waals surface area (Å²) < 4.78 is 5.60. The van der Waals surface area contributed by atoms with E-state index in [1.54, 1.807) is 12.1 Å². The van der Waals surface area contributed by atoms with E-state index < -0.39 is 0 Å². The van der Waals surface area contributed by atoms with E-state index in [9.17, 15) is 9.59 Å². The molecule has 1 aromatic carbocycles. The maximum Gasteiger partial charge on any atom is 0.338 e. The van der Waals surface area contributed by atoms with Gasteiger partial charge in [-0.2, -0.15) is 0 Å². The van der Waals surface area contributed by atoms with Gasteiger partial charge in [0.15, 0.2) is 0 Å². The molecule has 0 aliphatic carbocycles. The number of Topliss-reactive ketones (excluding diaryl/α,β-unsaturated/α-hetero) is 1. The van der Waals surface area contributed by atoms with Gasteiger partial charge in [-0.1, -0.05) is 18.2 Å². The minimum Gasteiger partial charge on any atom is -0.457 e. The Morgan fingerprint density at radius 1 is 1.26 bits per heavy atom. The molecule has 0 saturated carbocycles. The average Bonchev–Trinajstić information content (AvgIpc) is 2.60. The highest BCUT2D eigenvalue weighted by Crippen LogP contribution is 2.34. The molecule has 2 aliphatic heterocycles. The lowest BCUT2D eigenvalue weighted by Crippen LogP contribution is -2.43. The van der Waals surface area contributed by atoms with E-state index in [4.69, 9.17) is 4.74 Å². The van der Waals surface area contributed by atoms with Crippen LogP contribution in [0.5, 0.6) is 0 Å². The summed E-state index contributed by atoms with van der Waals surface area (Å²) in [5.41, 5.74) is 0.568. The number of benzene rings is 1. The molecular formula is C15H17NO3. The topological polar surface area (TPSA) is 46.6 Å². The zero-order chi connectivity index (χ0) is 13.4. The molecule has 2 bridgehead atoms. The molecule has 2 fully saturated rings. The van der Waals surface area contributed by atoms with Crippen LogP contribution in [0.4, 0.5) is 0 Å². The number of fused-ring (bicyclic) bond motifs is 2. The maximum atomic E-state index is 12.1. The number of likely N-dealkylation sites (N-methyl/N-ethyl adjacent to an activating group) is 1. The lowest BCUT2D eigenvalue weighted by Gasteiger charge is -2.30. The lowest BCUT2D eigenvalue weighted by molar-refractivity contribution is -0.123. The first kappa shape index (κ1) is 12.4. The van der Waals surface area contributed by atoms with Gasteiger partial charge in [0, 0.05) is 25.3 Å². The molecule has 4 heteroatoms. The van der Waals surface area contributed by atoms with Crippen molar-refractivity contribution in [1.29, 1.82) is 0 Å². The first-order chi connectivity index (χ1) is 9.15. The van der Waals surface area contributed by atoms with E-state index in [1.807, 2.05) is 25.2 Å². The molecule has 0 amide bonds. The van der Waals surface area contributed by atoms with E-state index in [-0.39, 0.29) is 29.9 Å². The van der Waals surface area contributed by atoms with Crippen LogP contribution in [-0.4, -0.2) is 41.9 Å². The first-order valence-corrected chi connectivity index (χ1v) is 6.65. The third-order valence-electron chi connectivity index (χ3n) is 4.20. The number of ether oxygens (including phenoxy) is 1. The van der Waals surface area contributed by atoms with Gasteiger partial charge >= 0.3 is 5.97 Å². The van der Waals surface area contributed by atoms with Crippen LogP contribution in [0.25, 0.3) is 0 Å². The molecule has 3 rings (SSSR count). The Bertz CT molecular complexity index is 499. The van der Waals surface area contributed by atoms with Crippen molar-refractivity contribution >= 4 is 11.8 Å². The van der Waals surface area contributed by atoms with Gasteiger partial charge in [0.05, 0.1) is 11.6 Å². The standard InChI is InChI=1S/C15H17NO3/c1-16-11-7-12(17)9-13(16)14(8-11)19-15(18)10-5-3-2-4-6-10/h2-6,11,13-14H,7-9H2,1H3. The highest BCUT2D eigenvalue weighted by molar-refractivity contribution is 5.89. The minimum atomic E-state index is -0.293. The van der Waals surface area contributed by atoms with Crippen LogP contribution >= 0.6 is 0 Å². The van der Waals surface area contributed by atoms with Crippen LogP contribution in [-0.2, 0) is 9.53 Å². The smallest absolute Gasteiger partial charge is 0.338 e. The molecule has 3 atom stereocenters. The van der Waals surface area contributed by atoms with Gasteiger partial charge in [-0.3, -0.25) is 9.69 Å². The second kappa shape index (κ2) is 4.78. The predicted octanol–water partition coefficient (Wildman–Crippen LogP) is 1.65. The summed E-state index contributed by atoms with van der Waals surface area (Å²) >= 11 is 0. The fourth-order valence-electron chi connectivity index (χ4n) is 3.11. The molecule has 3 unspecified atom stereocenters. The van der Waals surface area contributed by atoms with Crippen LogP contribution in [0, 0.1) is 0 Å². The number of esters is 1. The maximum absolute atomic E-state index is 12.1. The van der Waals surface area contributed by atoms with Gasteiger partial charge in [0.2, 0.25) is 0 Å². The van der Waals surface area contributed by atoms with Crippen molar-refractivity contribution in [2.75, 3.05) is 7.05 Å². The van der Waals surface area contributed by atoms with E-state index >= 15 is 0 Å². The summed E-state index contributed by atoms with van der Waals surface area (Å²) in [4.78, 5) is 25.8. The Hall–Kier alpha value is -1.68. The molecule has 100 valence electrons. The number of carbonyl (C=O) groups is 2. The number of carbonyl (C=O) groups excluding carboxylic acids is 2. The summed E-state index contributed by atoms with van der Waals surface area (Å²) in [6.07, 6.45) is 1.70. The summed E-state index contributed by atoms with van der Waals surface area (Å²) in [7, 11) is 2.01. The zero-order valence-electron chi connectivity index (χ0n) is 10.9. The van der Waals surface area contributed by atoms with E-state index in [0.717, 1.165) is 6.42 Å². The van der Waals surface area contributed by atoms with E-state index in [1.165, 1.54) is 0 Å². The number of hydrogen-bond donors (Lipinski definition) is 0. The molecule has 19 heavy (non-hydrogen) atoms. The van der Waals surface area contributed by atoms with Crippen molar-refractivity contribution in [2.45, 2.75) is 37.5 Å². The van der Waals surface area contributed by atoms with E-state index in [0.29, 0.717) is 18.4 Å². The summed E-state index contributed by atoms with van der Waals surface area (Å²) in [6, 6.07) is 9.29. The Kier molecular flexibility index (Phi) is 3.11. The second-order valence-electron chi connectivity index (χ2n) is 5.38. The fourth-order valence-corrected chi connectivity index (χ4v) is 3.11. The first-order valence-electron chi connectivity index (χ1n) is 6.65. The lowest BCUT2D eigenvalue weighted by atomic mass is 10.0. The van der Waals surface area contributed by atoms with Gasteiger partial charge in [-0.25, -0.2) is 4.79 Å². The molecule has 0 aromatic heterocycles. The zero-order valence-corrected chi connectivity index (χ0v) is 10.9. The molecule has 0 spiro atoms. The van der Waals surface area contributed by atoms with Crippen molar-refractivity contribution in [2.24, 2.45) is 0 Å². The Labute approximate surface area is 112 Å². The monoisotopic (exact) mass is 259 g/mol. The minimum absolute atomic E-state index is 0.0545. The highest BCUT2D eigenvalue weighted by Gasteiger charge is 2.46. The quantitative estimate of drug-likeness (QED) is 0.758. The van der Waals surface area contributed by atoms with Gasteiger partial charge in [0.25, 0.3) is 0 Å². The van der Waals surface area contributed by atoms with Crippen LogP contribution in [0.15, 0.2) is 30.3 Å². The normalized spacial score (nSPS) is 30.4. The van der Waals surface area contributed by atoms with Crippen LogP contribution < -0.4 is 0 Å². The number of ketones is 1. The van der Waals surface area contributed by atoms with Gasteiger partial charge in [-0.15, -0.1) is 0 Å². The third kappa shape index (κ3) is 2.28.